The van der Waals surface area contributed by atoms with E-state index in [-0.39, 0.29) is 17.0 Å². The molecule has 20 heavy (non-hydrogen) atoms. The van der Waals surface area contributed by atoms with Gasteiger partial charge in [0.15, 0.2) is 0 Å². The average molecular weight is 299 g/mol. The van der Waals surface area contributed by atoms with Gasteiger partial charge in [0.05, 0.1) is 18.3 Å². The van der Waals surface area contributed by atoms with E-state index in [9.17, 15) is 12.8 Å². The van der Waals surface area contributed by atoms with Crippen LogP contribution in [0, 0.1) is 5.82 Å². The summed E-state index contributed by atoms with van der Waals surface area (Å²) in [5.74, 6) is -0.463. The summed E-state index contributed by atoms with van der Waals surface area (Å²) in [7, 11) is -3.78. The molecule has 0 saturated carbocycles. The number of sulfonamides is 1. The van der Waals surface area contributed by atoms with E-state index in [2.05, 4.69) is 15.0 Å². The van der Waals surface area contributed by atoms with E-state index in [1.807, 2.05) is 0 Å². The second-order valence-electron chi connectivity index (χ2n) is 4.70. The quantitative estimate of drug-likeness (QED) is 0.856. The predicted octanol–water partition coefficient (Wildman–Crippen LogP) is 1.06. The molecule has 1 atom stereocenters. The predicted molar refractivity (Wildman–Crippen MR) is 71.6 cm³/mol. The van der Waals surface area contributed by atoms with Crippen molar-refractivity contribution in [2.24, 2.45) is 4.99 Å². The smallest absolute Gasteiger partial charge is 0.266 e. The number of anilines is 1. The lowest BCUT2D eigenvalue weighted by molar-refractivity contribution is 0.118. The molecule has 0 bridgehead atoms. The van der Waals surface area contributed by atoms with Gasteiger partial charge < -0.3 is 10.1 Å². The maximum Gasteiger partial charge on any atom is 0.266 e. The number of hydrogen-bond acceptors (Lipinski definition) is 4. The number of aliphatic imine (C=N–C) groups is 1. The van der Waals surface area contributed by atoms with Crippen LogP contribution in [-0.2, 0) is 14.8 Å². The summed E-state index contributed by atoms with van der Waals surface area (Å²) in [4.78, 5) is 4.06. The van der Waals surface area contributed by atoms with Crippen molar-refractivity contribution in [1.29, 1.82) is 0 Å². The van der Waals surface area contributed by atoms with Crippen LogP contribution < -0.4 is 10.0 Å². The molecule has 0 aromatic heterocycles. The zero-order chi connectivity index (χ0) is 14.2. The molecule has 1 fully saturated rings. The van der Waals surface area contributed by atoms with Crippen LogP contribution in [0.25, 0.3) is 0 Å². The van der Waals surface area contributed by atoms with Gasteiger partial charge in [-0.05, 0) is 31.0 Å². The Morgan fingerprint density at radius 1 is 1.45 bits per heavy atom. The van der Waals surface area contributed by atoms with Gasteiger partial charge in [-0.2, -0.15) is 0 Å². The van der Waals surface area contributed by atoms with Crippen LogP contribution in [-0.4, -0.2) is 33.6 Å². The van der Waals surface area contributed by atoms with E-state index in [0.29, 0.717) is 12.2 Å². The molecule has 1 saturated heterocycles. The summed E-state index contributed by atoms with van der Waals surface area (Å²) in [6.07, 6.45) is 1.95. The number of benzene rings is 1. The zero-order valence-corrected chi connectivity index (χ0v) is 11.4. The topological polar surface area (TPSA) is 79.8 Å². The Morgan fingerprint density at radius 3 is 3.05 bits per heavy atom. The van der Waals surface area contributed by atoms with Crippen LogP contribution in [0.5, 0.6) is 0 Å². The summed E-state index contributed by atoms with van der Waals surface area (Å²) in [5, 5.41) is 2.84. The van der Waals surface area contributed by atoms with Crippen LogP contribution >= 0.6 is 0 Å². The maximum absolute atomic E-state index is 13.1. The number of halogens is 1. The molecular weight excluding hydrogens is 285 g/mol. The van der Waals surface area contributed by atoms with Crippen molar-refractivity contribution in [3.05, 3.63) is 24.0 Å². The zero-order valence-electron chi connectivity index (χ0n) is 10.6. The van der Waals surface area contributed by atoms with E-state index < -0.39 is 15.8 Å². The van der Waals surface area contributed by atoms with Crippen molar-refractivity contribution in [3.63, 3.8) is 0 Å². The Labute approximate surface area is 116 Å². The molecule has 8 heteroatoms. The average Bonchev–Trinajstić information content (AvgIpc) is 2.90. The van der Waals surface area contributed by atoms with Crippen LogP contribution in [0.15, 0.2) is 28.1 Å². The number of nitrogens with zero attached hydrogens (tertiary/aromatic N) is 1. The molecule has 0 radical (unpaired) electrons. The van der Waals surface area contributed by atoms with Gasteiger partial charge in [0.25, 0.3) is 10.0 Å². The Balaban J connectivity index is 1.84. The summed E-state index contributed by atoms with van der Waals surface area (Å²) in [6, 6.07) is 3.55. The summed E-state index contributed by atoms with van der Waals surface area (Å²) >= 11 is 0. The highest BCUT2D eigenvalue weighted by Gasteiger charge is 2.27. The molecule has 2 aliphatic rings. The number of rotatable bonds is 2. The van der Waals surface area contributed by atoms with Gasteiger partial charge in [0, 0.05) is 6.61 Å². The lowest BCUT2D eigenvalue weighted by Crippen LogP contribution is -2.41. The molecule has 1 aromatic rings. The highest BCUT2D eigenvalue weighted by atomic mass is 32.2. The molecular formula is C12H14FN3O3S. The third-order valence-electron chi connectivity index (χ3n) is 3.19. The minimum Gasteiger partial charge on any atom is -0.376 e. The van der Waals surface area contributed by atoms with Crippen LogP contribution in [0.4, 0.5) is 10.1 Å². The lowest BCUT2D eigenvalue weighted by atomic mass is 10.2. The fraction of sp³-hybridized carbons (Fsp3) is 0.417. The van der Waals surface area contributed by atoms with Crippen LogP contribution in [0.2, 0.25) is 0 Å². The molecule has 1 aromatic carbocycles. The first-order valence-electron chi connectivity index (χ1n) is 6.30. The van der Waals surface area contributed by atoms with Crippen molar-refractivity contribution in [2.45, 2.75) is 23.8 Å². The fourth-order valence-corrected chi connectivity index (χ4v) is 3.37. The SMILES string of the molecule is O=S1(=O)NC(=NCC2CCCO2)Nc2ccc(F)cc21. The highest BCUT2D eigenvalue weighted by molar-refractivity contribution is 7.90. The number of ether oxygens (including phenoxy) is 1. The molecule has 0 amide bonds. The van der Waals surface area contributed by atoms with Gasteiger partial charge in [-0.25, -0.2) is 22.5 Å². The number of nitrogens with one attached hydrogen (secondary N) is 2. The molecule has 3 rings (SSSR count). The fourth-order valence-electron chi connectivity index (χ4n) is 2.21. The Morgan fingerprint density at radius 2 is 2.30 bits per heavy atom. The number of fused-ring (bicyclic) bond motifs is 1. The van der Waals surface area contributed by atoms with E-state index in [1.54, 1.807) is 0 Å². The summed E-state index contributed by atoms with van der Waals surface area (Å²) < 4.78 is 44.8. The largest absolute Gasteiger partial charge is 0.376 e. The number of hydrogen-bond donors (Lipinski definition) is 2. The van der Waals surface area contributed by atoms with Gasteiger partial charge in [0.1, 0.15) is 10.7 Å². The highest BCUT2D eigenvalue weighted by Crippen LogP contribution is 2.25. The maximum atomic E-state index is 13.1. The first kappa shape index (κ1) is 13.3. The third-order valence-corrected chi connectivity index (χ3v) is 4.57. The van der Waals surface area contributed by atoms with Gasteiger partial charge in [0.2, 0.25) is 5.96 Å². The van der Waals surface area contributed by atoms with Crippen molar-refractivity contribution >= 4 is 21.7 Å². The van der Waals surface area contributed by atoms with Gasteiger partial charge in [-0.3, -0.25) is 0 Å². The van der Waals surface area contributed by atoms with Crippen molar-refractivity contribution < 1.29 is 17.5 Å². The Hall–Kier alpha value is -1.67. The monoisotopic (exact) mass is 299 g/mol. The normalized spacial score (nSPS) is 25.9. The Bertz CT molecular complexity index is 654. The molecule has 2 heterocycles. The van der Waals surface area contributed by atoms with Gasteiger partial charge >= 0.3 is 0 Å². The molecule has 0 spiro atoms. The van der Waals surface area contributed by atoms with Gasteiger partial charge in [-0.1, -0.05) is 0 Å². The van der Waals surface area contributed by atoms with E-state index in [1.165, 1.54) is 12.1 Å². The molecule has 0 aliphatic carbocycles. The molecule has 108 valence electrons. The molecule has 6 nitrogen and oxygen atoms in total. The minimum absolute atomic E-state index is 0.0309. The Kier molecular flexibility index (Phi) is 3.35. The first-order valence-corrected chi connectivity index (χ1v) is 7.78. The van der Waals surface area contributed by atoms with Crippen molar-refractivity contribution in [2.75, 3.05) is 18.5 Å². The van der Waals surface area contributed by atoms with Crippen molar-refractivity contribution in [1.82, 2.24) is 4.72 Å². The second-order valence-corrected chi connectivity index (χ2v) is 6.35. The second kappa shape index (κ2) is 5.02. The standard InChI is InChI=1S/C12H14FN3O3S/c13-8-3-4-10-11(6-8)20(17,18)16-12(15-10)14-7-9-2-1-5-19-9/h3-4,6,9H,1-2,5,7H2,(H2,14,15,16). The molecule has 2 N–H and O–H groups in total. The van der Waals surface area contributed by atoms with E-state index in [4.69, 9.17) is 4.74 Å². The summed E-state index contributed by atoms with van der Waals surface area (Å²) in [5.41, 5.74) is 0.316. The van der Waals surface area contributed by atoms with E-state index in [0.717, 1.165) is 25.5 Å². The van der Waals surface area contributed by atoms with Gasteiger partial charge in [-0.15, -0.1) is 0 Å². The van der Waals surface area contributed by atoms with Crippen LogP contribution in [0.1, 0.15) is 12.8 Å². The van der Waals surface area contributed by atoms with Crippen molar-refractivity contribution in [3.8, 4) is 0 Å². The number of guanidine groups is 1. The molecule has 1 unspecified atom stereocenters. The summed E-state index contributed by atoms with van der Waals surface area (Å²) in [6.45, 7) is 1.11. The minimum atomic E-state index is -3.78. The third kappa shape index (κ3) is 2.61. The first-order chi connectivity index (χ1) is 9.54. The van der Waals surface area contributed by atoms with Crippen LogP contribution in [0.3, 0.4) is 0 Å². The van der Waals surface area contributed by atoms with E-state index >= 15 is 0 Å². The molecule has 2 aliphatic heterocycles. The lowest BCUT2D eigenvalue weighted by Gasteiger charge is -2.21.